The fraction of sp³-hybridized carbons (Fsp3) is 0.619. The van der Waals surface area contributed by atoms with Crippen LogP contribution in [-0.2, 0) is 15.7 Å². The lowest BCUT2D eigenvalue weighted by Gasteiger charge is -2.32. The quantitative estimate of drug-likeness (QED) is 0.791. The molecule has 2 aliphatic rings. The number of hydrogen-bond donors (Lipinski definition) is 2. The average molecular weight is 383 g/mol. The summed E-state index contributed by atoms with van der Waals surface area (Å²) in [6.07, 6.45) is 5.05. The van der Waals surface area contributed by atoms with Gasteiger partial charge in [-0.2, -0.15) is 0 Å². The molecule has 1 aliphatic carbocycles. The Labute approximate surface area is 167 Å². The minimum absolute atomic E-state index is 0.216. The molecule has 28 heavy (non-hydrogen) atoms. The lowest BCUT2D eigenvalue weighted by Crippen LogP contribution is -2.41. The summed E-state index contributed by atoms with van der Waals surface area (Å²) in [5.74, 6) is 0.629. The number of aliphatic hydroxyl groups is 1. The van der Waals surface area contributed by atoms with Crippen LogP contribution >= 0.6 is 0 Å². The maximum atomic E-state index is 9.74. The third-order valence-corrected chi connectivity index (χ3v) is 6.43. The van der Waals surface area contributed by atoms with Crippen LogP contribution in [-0.4, -0.2) is 45.5 Å². The Balaban J connectivity index is 1.64. The summed E-state index contributed by atoms with van der Waals surface area (Å²) in [7, 11) is -0.391. The van der Waals surface area contributed by atoms with E-state index in [0.717, 1.165) is 47.6 Å². The van der Waals surface area contributed by atoms with Gasteiger partial charge in [-0.1, -0.05) is 19.1 Å². The second-order valence-corrected chi connectivity index (χ2v) is 9.06. The van der Waals surface area contributed by atoms with Gasteiger partial charge in [0.25, 0.3) is 0 Å². The topological polar surface area (TPSA) is 76.5 Å². The Morgan fingerprint density at radius 2 is 1.89 bits per heavy atom. The second-order valence-electron chi connectivity index (χ2n) is 9.06. The van der Waals surface area contributed by atoms with E-state index in [-0.39, 0.29) is 23.3 Å². The molecule has 2 N–H and O–H groups in total. The van der Waals surface area contributed by atoms with Crippen LogP contribution in [0.1, 0.15) is 59.4 Å². The fourth-order valence-electron chi connectivity index (χ4n) is 3.97. The summed E-state index contributed by atoms with van der Waals surface area (Å²) in [5.41, 5.74) is 2.38. The number of aryl methyl sites for hydroxylation is 1. The molecule has 0 amide bonds. The molecule has 0 bridgehead atoms. The molecule has 4 rings (SSSR count). The number of aromatic nitrogens is 2. The zero-order chi connectivity index (χ0) is 20.1. The smallest absolute Gasteiger partial charge is 0.399 e. The molecular weight excluding hydrogens is 353 g/mol. The molecule has 7 heteroatoms. The number of nitrogens with zero attached hydrogens (tertiary/aromatic N) is 2. The van der Waals surface area contributed by atoms with Crippen LogP contribution in [0.4, 0.5) is 5.95 Å². The second kappa shape index (κ2) is 6.97. The number of nitrogens with one attached hydrogen (secondary N) is 1. The summed E-state index contributed by atoms with van der Waals surface area (Å²) in [6.45, 7) is 10.4. The van der Waals surface area contributed by atoms with E-state index >= 15 is 0 Å². The largest absolute Gasteiger partial charge is 0.494 e. The zero-order valence-electron chi connectivity index (χ0n) is 17.5. The van der Waals surface area contributed by atoms with Crippen molar-refractivity contribution in [3.63, 3.8) is 0 Å². The summed E-state index contributed by atoms with van der Waals surface area (Å²) < 4.78 is 12.4. The van der Waals surface area contributed by atoms with E-state index in [0.29, 0.717) is 5.95 Å². The van der Waals surface area contributed by atoms with Crippen LogP contribution in [0.15, 0.2) is 18.3 Å². The van der Waals surface area contributed by atoms with Crippen LogP contribution in [0.25, 0.3) is 10.9 Å². The van der Waals surface area contributed by atoms with Gasteiger partial charge in [-0.05, 0) is 64.4 Å². The van der Waals surface area contributed by atoms with Crippen LogP contribution in [0, 0.1) is 0 Å². The van der Waals surface area contributed by atoms with Crippen molar-refractivity contribution in [2.75, 3.05) is 5.32 Å². The van der Waals surface area contributed by atoms with Gasteiger partial charge in [-0.15, -0.1) is 0 Å². The number of anilines is 1. The highest BCUT2D eigenvalue weighted by Crippen LogP contribution is 2.36. The first-order chi connectivity index (χ1) is 13.2. The van der Waals surface area contributed by atoms with E-state index in [1.54, 1.807) is 0 Å². The zero-order valence-corrected chi connectivity index (χ0v) is 17.5. The Morgan fingerprint density at radius 3 is 2.50 bits per heavy atom. The Kier molecular flexibility index (Phi) is 4.88. The van der Waals surface area contributed by atoms with Crippen molar-refractivity contribution in [3.05, 3.63) is 23.9 Å². The molecule has 6 nitrogen and oxygen atoms in total. The van der Waals surface area contributed by atoms with Crippen LogP contribution in [0.3, 0.4) is 0 Å². The molecule has 0 unspecified atom stereocenters. The Morgan fingerprint density at radius 1 is 1.18 bits per heavy atom. The van der Waals surface area contributed by atoms with Gasteiger partial charge in [0.05, 0.1) is 22.8 Å². The number of benzene rings is 1. The SMILES string of the molecule is CCc1cc(B2OC(C)(C)C(C)(C)O2)cc2cnc(N[C@H]3CC[C@H](O)C3)nc12. The maximum absolute atomic E-state index is 9.74. The average Bonchev–Trinajstić information content (AvgIpc) is 3.13. The highest BCUT2D eigenvalue weighted by atomic mass is 16.7. The van der Waals surface area contributed by atoms with Crippen molar-refractivity contribution in [1.82, 2.24) is 9.97 Å². The van der Waals surface area contributed by atoms with Crippen molar-refractivity contribution < 1.29 is 14.4 Å². The van der Waals surface area contributed by atoms with Crippen LogP contribution in [0.2, 0.25) is 0 Å². The molecule has 1 aromatic carbocycles. The van der Waals surface area contributed by atoms with E-state index in [9.17, 15) is 5.11 Å². The normalized spacial score (nSPS) is 26.1. The predicted octanol–water partition coefficient (Wildman–Crippen LogP) is 2.82. The van der Waals surface area contributed by atoms with Gasteiger partial charge < -0.3 is 19.7 Å². The van der Waals surface area contributed by atoms with Crippen LogP contribution in [0.5, 0.6) is 0 Å². The highest BCUT2D eigenvalue weighted by molar-refractivity contribution is 6.62. The van der Waals surface area contributed by atoms with Gasteiger partial charge in [0.15, 0.2) is 0 Å². The van der Waals surface area contributed by atoms with Gasteiger partial charge in [-0.25, -0.2) is 9.97 Å². The molecule has 0 radical (unpaired) electrons. The van der Waals surface area contributed by atoms with Gasteiger partial charge >= 0.3 is 7.12 Å². The van der Waals surface area contributed by atoms with Crippen molar-refractivity contribution in [2.45, 2.75) is 83.6 Å². The predicted molar refractivity (Wildman–Crippen MR) is 112 cm³/mol. The number of rotatable bonds is 4. The van der Waals surface area contributed by atoms with E-state index in [1.165, 1.54) is 0 Å². The molecule has 2 fully saturated rings. The minimum atomic E-state index is -0.391. The molecule has 1 saturated carbocycles. The maximum Gasteiger partial charge on any atom is 0.494 e. The third-order valence-electron chi connectivity index (χ3n) is 6.43. The van der Waals surface area contributed by atoms with Gasteiger partial charge in [0, 0.05) is 17.6 Å². The highest BCUT2D eigenvalue weighted by Gasteiger charge is 2.51. The van der Waals surface area contributed by atoms with Crippen molar-refractivity contribution >= 4 is 29.4 Å². The molecule has 1 aliphatic heterocycles. The molecular formula is C21H30BN3O3. The molecule has 150 valence electrons. The van der Waals surface area contributed by atoms with Gasteiger partial charge in [0.2, 0.25) is 5.95 Å². The Bertz CT molecular complexity index is 871. The van der Waals surface area contributed by atoms with E-state index < -0.39 is 7.12 Å². The Hall–Kier alpha value is -1.70. The summed E-state index contributed by atoms with van der Waals surface area (Å²) >= 11 is 0. The molecule has 1 aromatic heterocycles. The van der Waals surface area contributed by atoms with Crippen molar-refractivity contribution in [3.8, 4) is 0 Å². The molecule has 0 spiro atoms. The lowest BCUT2D eigenvalue weighted by molar-refractivity contribution is 0.00578. The molecule has 2 heterocycles. The molecule has 1 saturated heterocycles. The van der Waals surface area contributed by atoms with Crippen molar-refractivity contribution in [2.24, 2.45) is 0 Å². The monoisotopic (exact) mass is 383 g/mol. The summed E-state index contributed by atoms with van der Waals surface area (Å²) in [4.78, 5) is 9.28. The van der Waals surface area contributed by atoms with Crippen LogP contribution < -0.4 is 10.8 Å². The standard InChI is InChI=1S/C21H30BN3O3/c1-6-13-9-15(22-27-20(2,3)21(4,5)28-22)10-14-12-23-19(25-18(13)14)24-16-7-8-17(26)11-16/h9-10,12,16-17,26H,6-8,11H2,1-5H3,(H,23,24,25)/t16-,17-/m0/s1. The van der Waals surface area contributed by atoms with Gasteiger partial charge in [0.1, 0.15) is 0 Å². The minimum Gasteiger partial charge on any atom is -0.399 e. The third kappa shape index (κ3) is 3.51. The first-order valence-corrected chi connectivity index (χ1v) is 10.3. The summed E-state index contributed by atoms with van der Waals surface area (Å²) in [6, 6.07) is 4.45. The fourth-order valence-corrected chi connectivity index (χ4v) is 3.97. The van der Waals surface area contributed by atoms with Crippen molar-refractivity contribution in [1.29, 1.82) is 0 Å². The van der Waals surface area contributed by atoms with E-state index in [4.69, 9.17) is 14.3 Å². The summed E-state index contributed by atoms with van der Waals surface area (Å²) in [5, 5.41) is 14.1. The van der Waals surface area contributed by atoms with E-state index in [1.807, 2.05) is 6.20 Å². The first kappa shape index (κ1) is 19.6. The number of hydrogen-bond acceptors (Lipinski definition) is 6. The van der Waals surface area contributed by atoms with E-state index in [2.05, 4.69) is 57.1 Å². The molecule has 2 aromatic rings. The molecule has 2 atom stereocenters. The van der Waals surface area contributed by atoms with Gasteiger partial charge in [-0.3, -0.25) is 0 Å². The number of aliphatic hydroxyl groups excluding tert-OH is 1. The number of fused-ring (bicyclic) bond motifs is 1. The first-order valence-electron chi connectivity index (χ1n) is 10.3. The lowest BCUT2D eigenvalue weighted by atomic mass is 9.77.